The van der Waals surface area contributed by atoms with E-state index in [2.05, 4.69) is 76.4 Å². The summed E-state index contributed by atoms with van der Waals surface area (Å²) in [5.74, 6) is 0.867. The Hall–Kier alpha value is -1.28. The van der Waals surface area contributed by atoms with Crippen LogP contribution in [0.5, 0.6) is 0 Å². The lowest BCUT2D eigenvalue weighted by molar-refractivity contribution is 0.788. The molecule has 0 atom stereocenters. The highest BCUT2D eigenvalue weighted by Gasteiger charge is 2.00. The second-order valence-electron chi connectivity index (χ2n) is 5.57. The Balaban J connectivity index is 0.00000288. The van der Waals surface area contributed by atoms with E-state index in [1.165, 1.54) is 16.1 Å². The first-order chi connectivity index (χ1) is 11.2. The molecule has 4 nitrogen and oxygen atoms in total. The van der Waals surface area contributed by atoms with E-state index in [9.17, 15) is 0 Å². The quantitative estimate of drug-likeness (QED) is 0.380. The summed E-state index contributed by atoms with van der Waals surface area (Å²) in [5.41, 5.74) is 2.56. The standard InChI is InChI=1S/C18H26N4S.HI/c1-19-18(21-13-11-17-5-4-14-23-17)20-12-10-15-6-8-16(9-7-15)22(2)3;/h4-9,14H,10-13H2,1-3H3,(H2,19,20,21);1H. The van der Waals surface area contributed by atoms with E-state index in [0.717, 1.165) is 31.9 Å². The Morgan fingerprint density at radius 2 is 1.71 bits per heavy atom. The molecule has 2 aromatic rings. The molecule has 0 fully saturated rings. The molecule has 0 bridgehead atoms. The summed E-state index contributed by atoms with van der Waals surface area (Å²) >= 11 is 1.80. The molecule has 2 N–H and O–H groups in total. The molecule has 2 rings (SSSR count). The third kappa shape index (κ3) is 7.09. The Kier molecular flexibility index (Phi) is 9.78. The fraction of sp³-hybridized carbons (Fsp3) is 0.389. The van der Waals surface area contributed by atoms with Crippen LogP contribution in [0, 0.1) is 0 Å². The number of thiophene rings is 1. The first-order valence-corrected chi connectivity index (χ1v) is 8.80. The summed E-state index contributed by atoms with van der Waals surface area (Å²) in [4.78, 5) is 7.78. The third-order valence-corrected chi connectivity index (χ3v) is 4.56. The zero-order valence-electron chi connectivity index (χ0n) is 14.6. The molecule has 24 heavy (non-hydrogen) atoms. The smallest absolute Gasteiger partial charge is 0.190 e. The van der Waals surface area contributed by atoms with Crippen molar-refractivity contribution in [3.8, 4) is 0 Å². The van der Waals surface area contributed by atoms with E-state index in [1.54, 1.807) is 11.3 Å². The van der Waals surface area contributed by atoms with Crippen molar-refractivity contribution < 1.29 is 0 Å². The second-order valence-corrected chi connectivity index (χ2v) is 6.60. The second kappa shape index (κ2) is 11.3. The first-order valence-electron chi connectivity index (χ1n) is 7.92. The van der Waals surface area contributed by atoms with Crippen molar-refractivity contribution in [1.29, 1.82) is 0 Å². The van der Waals surface area contributed by atoms with Crippen LogP contribution in [0.25, 0.3) is 0 Å². The maximum Gasteiger partial charge on any atom is 0.190 e. The Labute approximate surface area is 166 Å². The molecule has 6 heteroatoms. The van der Waals surface area contributed by atoms with Gasteiger partial charge in [-0.1, -0.05) is 18.2 Å². The van der Waals surface area contributed by atoms with Crippen LogP contribution < -0.4 is 15.5 Å². The number of guanidine groups is 1. The lowest BCUT2D eigenvalue weighted by Crippen LogP contribution is -2.39. The molecular weight excluding hydrogens is 431 g/mol. The van der Waals surface area contributed by atoms with Gasteiger partial charge >= 0.3 is 0 Å². The average molecular weight is 458 g/mol. The fourth-order valence-electron chi connectivity index (χ4n) is 2.27. The molecular formula is C18H27IN4S. The van der Waals surface area contributed by atoms with Gasteiger partial charge in [-0.25, -0.2) is 0 Å². The third-order valence-electron chi connectivity index (χ3n) is 3.63. The molecule has 1 aromatic carbocycles. The highest BCUT2D eigenvalue weighted by atomic mass is 127. The summed E-state index contributed by atoms with van der Waals surface area (Å²) in [6.07, 6.45) is 2.02. The zero-order chi connectivity index (χ0) is 16.5. The number of aliphatic imine (C=N–C) groups is 1. The number of anilines is 1. The van der Waals surface area contributed by atoms with Crippen LogP contribution >= 0.6 is 35.3 Å². The maximum absolute atomic E-state index is 4.27. The minimum atomic E-state index is 0. The van der Waals surface area contributed by atoms with Crippen LogP contribution in [-0.4, -0.2) is 40.2 Å². The van der Waals surface area contributed by atoms with Gasteiger partial charge in [0.15, 0.2) is 5.96 Å². The molecule has 1 aromatic heterocycles. The van der Waals surface area contributed by atoms with E-state index in [4.69, 9.17) is 0 Å². The molecule has 0 aliphatic heterocycles. The number of hydrogen-bond donors (Lipinski definition) is 2. The van der Waals surface area contributed by atoms with Gasteiger partial charge in [0.2, 0.25) is 0 Å². The summed E-state index contributed by atoms with van der Waals surface area (Å²) < 4.78 is 0. The predicted octanol–water partition coefficient (Wildman–Crippen LogP) is 3.38. The van der Waals surface area contributed by atoms with Crippen LogP contribution in [0.3, 0.4) is 0 Å². The molecule has 132 valence electrons. The number of halogens is 1. The van der Waals surface area contributed by atoms with Crippen LogP contribution in [0.4, 0.5) is 5.69 Å². The van der Waals surface area contributed by atoms with Crippen LogP contribution in [-0.2, 0) is 12.8 Å². The van der Waals surface area contributed by atoms with Crippen LogP contribution in [0.1, 0.15) is 10.4 Å². The van der Waals surface area contributed by atoms with Crippen molar-refractivity contribution in [2.24, 2.45) is 4.99 Å². The number of nitrogens with one attached hydrogen (secondary N) is 2. The highest BCUT2D eigenvalue weighted by molar-refractivity contribution is 14.0. The largest absolute Gasteiger partial charge is 0.378 e. The van der Waals surface area contributed by atoms with E-state index in [1.807, 2.05) is 7.05 Å². The Bertz CT molecular complexity index is 594. The van der Waals surface area contributed by atoms with Gasteiger partial charge in [0.25, 0.3) is 0 Å². The van der Waals surface area contributed by atoms with Gasteiger partial charge in [-0.05, 0) is 42.0 Å². The zero-order valence-corrected chi connectivity index (χ0v) is 17.7. The lowest BCUT2D eigenvalue weighted by Gasteiger charge is -2.14. The van der Waals surface area contributed by atoms with Gasteiger partial charge in [0.1, 0.15) is 0 Å². The topological polar surface area (TPSA) is 39.7 Å². The molecule has 0 aliphatic rings. The SMILES string of the molecule is CN=C(NCCc1ccc(N(C)C)cc1)NCCc1cccs1.I. The molecule has 0 aliphatic carbocycles. The van der Waals surface area contributed by atoms with E-state index < -0.39 is 0 Å². The van der Waals surface area contributed by atoms with Gasteiger partial charge in [-0.15, -0.1) is 35.3 Å². The summed E-state index contributed by atoms with van der Waals surface area (Å²) in [6, 6.07) is 12.9. The van der Waals surface area contributed by atoms with E-state index in [0.29, 0.717) is 0 Å². The molecule has 0 unspecified atom stereocenters. The molecule has 0 radical (unpaired) electrons. The van der Waals surface area contributed by atoms with Crippen molar-refractivity contribution in [3.05, 3.63) is 52.2 Å². The lowest BCUT2D eigenvalue weighted by atomic mass is 10.1. The Morgan fingerprint density at radius 3 is 2.25 bits per heavy atom. The number of nitrogens with zero attached hydrogens (tertiary/aromatic N) is 2. The minimum absolute atomic E-state index is 0. The van der Waals surface area contributed by atoms with Gasteiger partial charge in [-0.3, -0.25) is 4.99 Å². The highest BCUT2D eigenvalue weighted by Crippen LogP contribution is 2.12. The average Bonchev–Trinajstić information content (AvgIpc) is 3.07. The van der Waals surface area contributed by atoms with Crippen molar-refractivity contribution >= 4 is 47.0 Å². The Morgan fingerprint density at radius 1 is 1.04 bits per heavy atom. The fourth-order valence-corrected chi connectivity index (χ4v) is 2.97. The van der Waals surface area contributed by atoms with E-state index in [-0.39, 0.29) is 24.0 Å². The number of benzene rings is 1. The van der Waals surface area contributed by atoms with E-state index >= 15 is 0 Å². The number of rotatable bonds is 7. The van der Waals surface area contributed by atoms with Crippen molar-refractivity contribution in [1.82, 2.24) is 10.6 Å². The molecule has 0 spiro atoms. The summed E-state index contributed by atoms with van der Waals surface area (Å²) in [7, 11) is 5.93. The van der Waals surface area contributed by atoms with Crippen molar-refractivity contribution in [2.75, 3.05) is 39.1 Å². The van der Waals surface area contributed by atoms with Crippen LogP contribution in [0.15, 0.2) is 46.8 Å². The maximum atomic E-state index is 4.27. The van der Waals surface area contributed by atoms with Gasteiger partial charge in [0.05, 0.1) is 0 Å². The van der Waals surface area contributed by atoms with Crippen molar-refractivity contribution in [3.63, 3.8) is 0 Å². The van der Waals surface area contributed by atoms with Gasteiger partial charge in [-0.2, -0.15) is 0 Å². The molecule has 0 saturated carbocycles. The summed E-state index contributed by atoms with van der Waals surface area (Å²) in [6.45, 7) is 1.78. The van der Waals surface area contributed by atoms with Gasteiger partial charge < -0.3 is 15.5 Å². The minimum Gasteiger partial charge on any atom is -0.378 e. The first kappa shape index (κ1) is 20.8. The van der Waals surface area contributed by atoms with Crippen molar-refractivity contribution in [2.45, 2.75) is 12.8 Å². The molecule has 0 amide bonds. The van der Waals surface area contributed by atoms with Crippen LogP contribution in [0.2, 0.25) is 0 Å². The normalized spacial score (nSPS) is 10.9. The number of hydrogen-bond acceptors (Lipinski definition) is 3. The molecule has 0 saturated heterocycles. The van der Waals surface area contributed by atoms with Gasteiger partial charge in [0, 0.05) is 44.8 Å². The predicted molar refractivity (Wildman–Crippen MR) is 117 cm³/mol. The summed E-state index contributed by atoms with van der Waals surface area (Å²) in [5, 5.41) is 8.84. The monoisotopic (exact) mass is 458 g/mol. The molecule has 1 heterocycles.